The first-order valence-corrected chi connectivity index (χ1v) is 13.7. The normalized spacial score (nSPS) is 47.4. The van der Waals surface area contributed by atoms with Gasteiger partial charge in [0, 0.05) is 12.8 Å². The number of hydrogen-bond acceptors (Lipinski definition) is 6. The zero-order valence-electron chi connectivity index (χ0n) is 19.6. The third kappa shape index (κ3) is 4.08. The molecule has 0 bridgehead atoms. The molecule has 0 saturated heterocycles. The molecule has 0 amide bonds. The van der Waals surface area contributed by atoms with Gasteiger partial charge in [-0.05, 0) is 91.3 Å². The van der Waals surface area contributed by atoms with Crippen molar-refractivity contribution in [2.24, 2.45) is 46.3 Å². The molecule has 4 aliphatic carbocycles. The summed E-state index contributed by atoms with van der Waals surface area (Å²) in [4.78, 5) is 12.1. The third-order valence-electron chi connectivity index (χ3n) is 10.4. The van der Waals surface area contributed by atoms with Crippen LogP contribution in [0.3, 0.4) is 0 Å². The van der Waals surface area contributed by atoms with Gasteiger partial charge in [0.2, 0.25) is 0 Å². The average molecular weight is 473 g/mol. The van der Waals surface area contributed by atoms with Crippen molar-refractivity contribution in [3.05, 3.63) is 0 Å². The number of Topliss-reactive ketones (excluding diaryl/α,β-unsaturated/α-hetero) is 1. The molecule has 7 nitrogen and oxygen atoms in total. The molecule has 0 heterocycles. The van der Waals surface area contributed by atoms with Gasteiger partial charge in [-0.15, -0.1) is 0 Å². The molecular weight excluding hydrogens is 432 g/mol. The van der Waals surface area contributed by atoms with E-state index in [-0.39, 0.29) is 47.0 Å². The molecule has 0 radical (unpaired) electrons. The average Bonchev–Trinajstić information content (AvgIpc) is 3.05. The number of aliphatic hydroxyl groups excluding tert-OH is 2. The molecular formula is C24H40O7S. The van der Waals surface area contributed by atoms with Crippen molar-refractivity contribution >= 4 is 16.2 Å². The van der Waals surface area contributed by atoms with Crippen LogP contribution in [0.25, 0.3) is 0 Å². The Morgan fingerprint density at radius 3 is 2.56 bits per heavy atom. The van der Waals surface area contributed by atoms with Crippen LogP contribution in [0, 0.1) is 46.3 Å². The highest BCUT2D eigenvalue weighted by Gasteiger charge is 2.65. The SMILES string of the molecule is CC(CCCOS(=O)(=O)O)C1CCC2C3C(O)CC4CC(=O)CCC4(C)C3CC(O)C12C. The molecule has 10 unspecified atom stereocenters. The predicted octanol–water partition coefficient (Wildman–Crippen LogP) is 3.39. The van der Waals surface area contributed by atoms with Crippen LogP contribution < -0.4 is 0 Å². The Morgan fingerprint density at radius 2 is 1.88 bits per heavy atom. The van der Waals surface area contributed by atoms with Crippen LogP contribution in [0.1, 0.15) is 78.6 Å². The van der Waals surface area contributed by atoms with Crippen molar-refractivity contribution in [2.45, 2.75) is 90.8 Å². The molecule has 0 aromatic rings. The van der Waals surface area contributed by atoms with Crippen molar-refractivity contribution in [3.63, 3.8) is 0 Å². The first-order valence-electron chi connectivity index (χ1n) is 12.4. The van der Waals surface area contributed by atoms with Gasteiger partial charge in [-0.3, -0.25) is 9.35 Å². The first kappa shape index (κ1) is 24.6. The molecule has 4 saturated carbocycles. The van der Waals surface area contributed by atoms with Crippen LogP contribution >= 0.6 is 0 Å². The fourth-order valence-corrected chi connectivity index (χ4v) is 9.04. The van der Waals surface area contributed by atoms with Crippen LogP contribution in [-0.2, 0) is 19.4 Å². The summed E-state index contributed by atoms with van der Waals surface area (Å²) >= 11 is 0. The number of fused-ring (bicyclic) bond motifs is 5. The Labute approximate surface area is 192 Å². The van der Waals surface area contributed by atoms with Crippen molar-refractivity contribution in [1.29, 1.82) is 0 Å². The zero-order chi connectivity index (χ0) is 23.5. The molecule has 3 N–H and O–H groups in total. The molecule has 0 aromatic heterocycles. The second kappa shape index (κ2) is 8.59. The van der Waals surface area contributed by atoms with E-state index in [1.807, 2.05) is 0 Å². The number of aliphatic hydroxyl groups is 2. The van der Waals surface area contributed by atoms with Crippen LogP contribution in [0.15, 0.2) is 0 Å². The Morgan fingerprint density at radius 1 is 1.16 bits per heavy atom. The first-order chi connectivity index (χ1) is 14.9. The molecule has 4 rings (SSSR count). The van der Waals surface area contributed by atoms with E-state index in [9.17, 15) is 23.4 Å². The lowest BCUT2D eigenvalue weighted by molar-refractivity contribution is -0.201. The number of ketones is 1. The van der Waals surface area contributed by atoms with Crippen LogP contribution in [0.4, 0.5) is 0 Å². The van der Waals surface area contributed by atoms with Crippen LogP contribution in [0.5, 0.6) is 0 Å². The van der Waals surface area contributed by atoms with Gasteiger partial charge in [-0.1, -0.05) is 20.8 Å². The number of carbonyl (C=O) groups excluding carboxylic acids is 1. The largest absolute Gasteiger partial charge is 0.397 e. The molecule has 0 spiro atoms. The van der Waals surface area contributed by atoms with E-state index < -0.39 is 22.6 Å². The van der Waals surface area contributed by atoms with Gasteiger partial charge in [-0.25, -0.2) is 4.18 Å². The maximum atomic E-state index is 12.1. The van der Waals surface area contributed by atoms with E-state index in [1.165, 1.54) is 0 Å². The zero-order valence-corrected chi connectivity index (χ0v) is 20.4. The van der Waals surface area contributed by atoms with Gasteiger partial charge in [0.05, 0.1) is 18.8 Å². The van der Waals surface area contributed by atoms with E-state index in [0.29, 0.717) is 43.8 Å². The van der Waals surface area contributed by atoms with Crippen molar-refractivity contribution in [3.8, 4) is 0 Å². The maximum Gasteiger partial charge on any atom is 0.397 e. The Balaban J connectivity index is 1.51. The summed E-state index contributed by atoms with van der Waals surface area (Å²) in [5, 5.41) is 22.8. The number of rotatable bonds is 6. The number of carbonyl (C=O) groups is 1. The van der Waals surface area contributed by atoms with E-state index in [4.69, 9.17) is 4.55 Å². The molecule has 0 aliphatic heterocycles. The third-order valence-corrected chi connectivity index (χ3v) is 10.9. The van der Waals surface area contributed by atoms with Gasteiger partial charge in [0.15, 0.2) is 0 Å². The maximum absolute atomic E-state index is 12.1. The smallest absolute Gasteiger partial charge is 0.393 e. The van der Waals surface area contributed by atoms with Gasteiger partial charge in [0.1, 0.15) is 5.78 Å². The Kier molecular flexibility index (Phi) is 6.60. The Bertz CT molecular complexity index is 828. The van der Waals surface area contributed by atoms with Crippen molar-refractivity contribution in [2.75, 3.05) is 6.61 Å². The monoisotopic (exact) mass is 472 g/mol. The van der Waals surface area contributed by atoms with Gasteiger partial charge < -0.3 is 10.2 Å². The van der Waals surface area contributed by atoms with Gasteiger partial charge in [-0.2, -0.15) is 8.42 Å². The van der Waals surface area contributed by atoms with Gasteiger partial charge >= 0.3 is 10.4 Å². The minimum absolute atomic E-state index is 0.0109. The molecule has 32 heavy (non-hydrogen) atoms. The lowest BCUT2D eigenvalue weighted by Gasteiger charge is -2.63. The summed E-state index contributed by atoms with van der Waals surface area (Å²) in [6.45, 7) is 6.62. The standard InChI is InChI=1S/C24H40O7S/c1-14(5-4-10-31-32(28,29)30)17-6-7-18-22-19(13-21(27)24(17,18)3)23(2)9-8-16(25)11-15(23)12-20(22)26/h14-15,17-22,26-27H,4-13H2,1-3H3,(H,28,29,30). The molecule has 4 aliphatic rings. The summed E-state index contributed by atoms with van der Waals surface area (Å²) in [6.07, 6.45) is 5.84. The lowest BCUT2D eigenvalue weighted by Crippen LogP contribution is -2.62. The molecule has 184 valence electrons. The highest BCUT2D eigenvalue weighted by molar-refractivity contribution is 7.80. The second-order valence-corrected chi connectivity index (χ2v) is 12.8. The molecule has 8 heteroatoms. The summed E-state index contributed by atoms with van der Waals surface area (Å²) in [6, 6.07) is 0. The van der Waals surface area contributed by atoms with E-state index >= 15 is 0 Å². The lowest BCUT2D eigenvalue weighted by atomic mass is 9.43. The summed E-state index contributed by atoms with van der Waals surface area (Å²) in [5.74, 6) is 1.76. The molecule has 4 fully saturated rings. The quantitative estimate of drug-likeness (QED) is 0.400. The second-order valence-electron chi connectivity index (χ2n) is 11.7. The van der Waals surface area contributed by atoms with E-state index in [1.54, 1.807) is 0 Å². The summed E-state index contributed by atoms with van der Waals surface area (Å²) in [5.41, 5.74) is -0.268. The molecule has 0 aromatic carbocycles. The van der Waals surface area contributed by atoms with Crippen LogP contribution in [0.2, 0.25) is 0 Å². The van der Waals surface area contributed by atoms with Gasteiger partial charge in [0.25, 0.3) is 0 Å². The highest BCUT2D eigenvalue weighted by atomic mass is 32.3. The summed E-state index contributed by atoms with van der Waals surface area (Å²) < 4.78 is 34.8. The number of hydrogen-bond donors (Lipinski definition) is 3. The van der Waals surface area contributed by atoms with E-state index in [2.05, 4.69) is 25.0 Å². The fraction of sp³-hybridized carbons (Fsp3) is 0.958. The minimum atomic E-state index is -4.41. The van der Waals surface area contributed by atoms with E-state index in [0.717, 1.165) is 25.7 Å². The topological polar surface area (TPSA) is 121 Å². The highest BCUT2D eigenvalue weighted by Crippen LogP contribution is 2.68. The Hall–Kier alpha value is -0.540. The fourth-order valence-electron chi connectivity index (χ4n) is 8.72. The minimum Gasteiger partial charge on any atom is -0.393 e. The van der Waals surface area contributed by atoms with Crippen molar-refractivity contribution < 1.29 is 32.2 Å². The molecule has 10 atom stereocenters. The van der Waals surface area contributed by atoms with Crippen molar-refractivity contribution in [1.82, 2.24) is 0 Å². The predicted molar refractivity (Wildman–Crippen MR) is 119 cm³/mol. The summed E-state index contributed by atoms with van der Waals surface area (Å²) in [7, 11) is -4.41. The van der Waals surface area contributed by atoms with Crippen LogP contribution in [-0.4, -0.2) is 47.8 Å².